The van der Waals surface area contributed by atoms with Crippen molar-refractivity contribution in [2.45, 2.75) is 5.79 Å². The molecular weight excluding hydrogens is 316 g/mol. The van der Waals surface area contributed by atoms with Crippen molar-refractivity contribution in [1.82, 2.24) is 0 Å². The summed E-state index contributed by atoms with van der Waals surface area (Å²) in [6.45, 7) is 1.23. The number of hydrogen-bond donors (Lipinski definition) is 0. The highest BCUT2D eigenvalue weighted by molar-refractivity contribution is 6.18. The van der Waals surface area contributed by atoms with Crippen molar-refractivity contribution in [2.75, 3.05) is 26.2 Å². The van der Waals surface area contributed by atoms with E-state index < -0.39 is 5.79 Å². The number of ether oxygens (including phenoxy) is 3. The lowest BCUT2D eigenvalue weighted by molar-refractivity contribution is -0.146. The number of benzene rings is 2. The van der Waals surface area contributed by atoms with Crippen LogP contribution in [0.5, 0.6) is 0 Å². The Hall–Kier alpha value is -1.88. The fourth-order valence-corrected chi connectivity index (χ4v) is 2.47. The van der Waals surface area contributed by atoms with Crippen LogP contribution < -0.4 is 0 Å². The highest BCUT2D eigenvalue weighted by Crippen LogP contribution is 2.32. The number of halogens is 1. The zero-order valence-corrected chi connectivity index (χ0v) is 13.7. The average molecular weight is 335 g/mol. The van der Waals surface area contributed by atoms with Gasteiger partial charge < -0.3 is 14.2 Å². The molecule has 5 heteroatoms. The molecular formula is C18H19ClO4. The number of rotatable bonds is 3. The van der Waals surface area contributed by atoms with Gasteiger partial charge in [0.15, 0.2) is 0 Å². The molecule has 4 nitrogen and oxygen atoms in total. The van der Waals surface area contributed by atoms with Gasteiger partial charge >= 0.3 is 5.97 Å². The Labute approximate surface area is 140 Å². The van der Waals surface area contributed by atoms with Crippen LogP contribution in [0.15, 0.2) is 60.7 Å². The summed E-state index contributed by atoms with van der Waals surface area (Å²) in [6, 6.07) is 18.7. The number of carbonyl (C=O) groups is 1. The molecule has 0 amide bonds. The summed E-state index contributed by atoms with van der Waals surface area (Å²) >= 11 is 5.85. The summed E-state index contributed by atoms with van der Waals surface area (Å²) in [7, 11) is 1.37. The first kappa shape index (κ1) is 17.5. The molecule has 3 rings (SSSR count). The van der Waals surface area contributed by atoms with E-state index in [-0.39, 0.29) is 5.97 Å². The third-order valence-corrected chi connectivity index (χ3v) is 3.69. The lowest BCUT2D eigenvalue weighted by Gasteiger charge is -2.24. The quantitative estimate of drug-likeness (QED) is 0.635. The van der Waals surface area contributed by atoms with Gasteiger partial charge in [0.05, 0.1) is 31.8 Å². The van der Waals surface area contributed by atoms with Crippen LogP contribution in [-0.2, 0) is 20.0 Å². The minimum atomic E-state index is -0.706. The molecule has 23 heavy (non-hydrogen) atoms. The molecule has 1 aliphatic rings. The molecule has 0 spiro atoms. The fraction of sp³-hybridized carbons (Fsp3) is 0.278. The SMILES string of the molecule is COC(=O)c1ccccc1.ClCC1(c2ccccc2)OCCO1. The van der Waals surface area contributed by atoms with Crippen molar-refractivity contribution >= 4 is 17.6 Å². The van der Waals surface area contributed by atoms with Gasteiger partial charge in [0, 0.05) is 5.56 Å². The van der Waals surface area contributed by atoms with Crippen molar-refractivity contribution in [3.63, 3.8) is 0 Å². The normalized spacial score (nSPS) is 15.4. The Bertz CT molecular complexity index is 595. The number of alkyl halides is 1. The van der Waals surface area contributed by atoms with Crippen LogP contribution in [0.25, 0.3) is 0 Å². The van der Waals surface area contributed by atoms with Crippen LogP contribution in [0, 0.1) is 0 Å². The number of carbonyl (C=O) groups excluding carboxylic acids is 1. The number of methoxy groups -OCH3 is 1. The highest BCUT2D eigenvalue weighted by Gasteiger charge is 2.37. The van der Waals surface area contributed by atoms with Crippen molar-refractivity contribution in [2.24, 2.45) is 0 Å². The minimum Gasteiger partial charge on any atom is -0.465 e. The van der Waals surface area contributed by atoms with Crippen molar-refractivity contribution in [1.29, 1.82) is 0 Å². The predicted octanol–water partition coefficient (Wildman–Crippen LogP) is 3.60. The van der Waals surface area contributed by atoms with Crippen LogP contribution in [-0.4, -0.2) is 32.2 Å². The monoisotopic (exact) mass is 334 g/mol. The molecule has 122 valence electrons. The van der Waals surface area contributed by atoms with Gasteiger partial charge in [-0.1, -0.05) is 48.5 Å². The minimum absolute atomic E-state index is 0.291. The third-order valence-electron chi connectivity index (χ3n) is 3.34. The van der Waals surface area contributed by atoms with Gasteiger partial charge in [0.25, 0.3) is 0 Å². The molecule has 0 aliphatic carbocycles. The topological polar surface area (TPSA) is 44.8 Å². The maximum absolute atomic E-state index is 10.8. The molecule has 0 atom stereocenters. The number of esters is 1. The van der Waals surface area contributed by atoms with Gasteiger partial charge in [-0.25, -0.2) is 4.79 Å². The third kappa shape index (κ3) is 4.55. The molecule has 0 radical (unpaired) electrons. The summed E-state index contributed by atoms with van der Waals surface area (Å²) in [6.07, 6.45) is 0. The first-order valence-electron chi connectivity index (χ1n) is 7.24. The van der Waals surface area contributed by atoms with E-state index in [2.05, 4.69) is 4.74 Å². The molecule has 0 unspecified atom stereocenters. The molecule has 2 aromatic carbocycles. The van der Waals surface area contributed by atoms with Crippen molar-refractivity contribution in [3.05, 3.63) is 71.8 Å². The maximum Gasteiger partial charge on any atom is 0.337 e. The first-order valence-corrected chi connectivity index (χ1v) is 7.78. The molecule has 0 bridgehead atoms. The second-order valence-electron chi connectivity index (χ2n) is 4.81. The van der Waals surface area contributed by atoms with Crippen LogP contribution in [0.4, 0.5) is 0 Å². The van der Waals surface area contributed by atoms with E-state index in [0.29, 0.717) is 24.7 Å². The van der Waals surface area contributed by atoms with E-state index in [1.54, 1.807) is 24.3 Å². The molecule has 0 saturated carbocycles. The molecule has 1 aliphatic heterocycles. The standard InChI is InChI=1S/C10H11ClO2.C8H8O2/c11-8-10(12-6-7-13-10)9-4-2-1-3-5-9;1-10-8(9)7-5-3-2-4-6-7/h1-5H,6-8H2;2-6H,1H3. The Kier molecular flexibility index (Phi) is 6.59. The second kappa shape index (κ2) is 8.67. The molecule has 0 N–H and O–H groups in total. The van der Waals surface area contributed by atoms with Gasteiger partial charge in [-0.3, -0.25) is 0 Å². The van der Waals surface area contributed by atoms with Crippen LogP contribution in [0.1, 0.15) is 15.9 Å². The lowest BCUT2D eigenvalue weighted by Crippen LogP contribution is -2.28. The van der Waals surface area contributed by atoms with Gasteiger partial charge in [0.1, 0.15) is 0 Å². The van der Waals surface area contributed by atoms with Gasteiger partial charge in [-0.05, 0) is 12.1 Å². The van der Waals surface area contributed by atoms with Crippen molar-refractivity contribution < 1.29 is 19.0 Å². The lowest BCUT2D eigenvalue weighted by atomic mass is 10.1. The van der Waals surface area contributed by atoms with Gasteiger partial charge in [-0.15, -0.1) is 11.6 Å². The summed E-state index contributed by atoms with van der Waals surface area (Å²) in [5.41, 5.74) is 1.58. The van der Waals surface area contributed by atoms with E-state index >= 15 is 0 Å². The number of hydrogen-bond acceptors (Lipinski definition) is 4. The summed E-state index contributed by atoms with van der Waals surface area (Å²) < 4.78 is 15.5. The maximum atomic E-state index is 10.8. The van der Waals surface area contributed by atoms with E-state index in [1.807, 2.05) is 36.4 Å². The largest absolute Gasteiger partial charge is 0.465 e. The van der Waals surface area contributed by atoms with Crippen LogP contribution in [0.2, 0.25) is 0 Å². The Morgan fingerprint density at radius 2 is 1.57 bits per heavy atom. The van der Waals surface area contributed by atoms with Crippen LogP contribution in [0.3, 0.4) is 0 Å². The molecule has 1 saturated heterocycles. The molecule has 2 aromatic rings. The Balaban J connectivity index is 0.000000174. The molecule has 1 fully saturated rings. The van der Waals surface area contributed by atoms with Crippen LogP contribution >= 0.6 is 11.6 Å². The van der Waals surface area contributed by atoms with Crippen molar-refractivity contribution in [3.8, 4) is 0 Å². The average Bonchev–Trinajstić information content (AvgIpc) is 3.13. The van der Waals surface area contributed by atoms with Gasteiger partial charge in [0.2, 0.25) is 5.79 Å². The Morgan fingerprint density at radius 1 is 1.04 bits per heavy atom. The van der Waals surface area contributed by atoms with E-state index in [1.165, 1.54) is 7.11 Å². The summed E-state index contributed by atoms with van der Waals surface area (Å²) in [5, 5.41) is 0. The van der Waals surface area contributed by atoms with Gasteiger partial charge in [-0.2, -0.15) is 0 Å². The second-order valence-corrected chi connectivity index (χ2v) is 5.07. The summed E-state index contributed by atoms with van der Waals surface area (Å²) in [5.74, 6) is -0.666. The smallest absolute Gasteiger partial charge is 0.337 e. The molecule has 1 heterocycles. The Morgan fingerprint density at radius 3 is 2.04 bits per heavy atom. The van der Waals surface area contributed by atoms with E-state index in [9.17, 15) is 4.79 Å². The summed E-state index contributed by atoms with van der Waals surface area (Å²) in [4.78, 5) is 10.8. The van der Waals surface area contributed by atoms with E-state index in [0.717, 1.165) is 5.56 Å². The first-order chi connectivity index (χ1) is 11.2. The predicted molar refractivity (Wildman–Crippen MR) is 88.5 cm³/mol. The highest BCUT2D eigenvalue weighted by atomic mass is 35.5. The zero-order valence-electron chi connectivity index (χ0n) is 12.9. The molecule has 0 aromatic heterocycles. The zero-order chi connectivity index (χ0) is 16.5. The fourth-order valence-electron chi connectivity index (χ4n) is 2.16. The van der Waals surface area contributed by atoms with E-state index in [4.69, 9.17) is 21.1 Å².